The summed E-state index contributed by atoms with van der Waals surface area (Å²) < 4.78 is 5.51. The minimum Gasteiger partial charge on any atom is -0.379 e. The molecule has 0 saturated carbocycles. The van der Waals surface area contributed by atoms with Crippen LogP contribution in [0.25, 0.3) is 0 Å². The number of hydrogen-bond acceptors (Lipinski definition) is 3. The summed E-state index contributed by atoms with van der Waals surface area (Å²) in [5.41, 5.74) is 0. The summed E-state index contributed by atoms with van der Waals surface area (Å²) in [6.45, 7) is 8.51. The van der Waals surface area contributed by atoms with Gasteiger partial charge in [-0.05, 0) is 12.3 Å². The Balaban J connectivity index is 2.46. The van der Waals surface area contributed by atoms with Crippen LogP contribution in [0.3, 0.4) is 0 Å². The second-order valence-corrected chi connectivity index (χ2v) is 5.45. The van der Waals surface area contributed by atoms with Gasteiger partial charge in [-0.1, -0.05) is 27.2 Å². The van der Waals surface area contributed by atoms with Crippen molar-refractivity contribution in [1.29, 1.82) is 0 Å². The van der Waals surface area contributed by atoms with Gasteiger partial charge in [-0.3, -0.25) is 9.59 Å². The molecular weight excluding hydrogens is 244 g/mol. The van der Waals surface area contributed by atoms with E-state index < -0.39 is 0 Å². The van der Waals surface area contributed by atoms with Crippen LogP contribution in [-0.2, 0) is 14.3 Å². The normalized spacial score (nSPS) is 20.6. The second kappa shape index (κ2) is 8.15. The van der Waals surface area contributed by atoms with Gasteiger partial charge in [0.2, 0.25) is 11.8 Å². The number of rotatable bonds is 7. The molecule has 0 spiro atoms. The van der Waals surface area contributed by atoms with Crippen molar-refractivity contribution in [2.45, 2.75) is 46.1 Å². The van der Waals surface area contributed by atoms with E-state index in [9.17, 15) is 9.59 Å². The lowest BCUT2D eigenvalue weighted by atomic mass is 10.1. The van der Waals surface area contributed by atoms with Crippen molar-refractivity contribution in [2.24, 2.45) is 5.92 Å². The highest BCUT2D eigenvalue weighted by atomic mass is 16.5. The molecule has 1 aliphatic heterocycles. The Kier molecular flexibility index (Phi) is 6.84. The van der Waals surface area contributed by atoms with E-state index in [1.165, 1.54) is 0 Å². The minimum absolute atomic E-state index is 0.0286. The van der Waals surface area contributed by atoms with Crippen LogP contribution in [0.4, 0.5) is 0 Å². The molecule has 1 N–H and O–H groups in total. The molecule has 5 heteroatoms. The van der Waals surface area contributed by atoms with Crippen molar-refractivity contribution < 1.29 is 14.3 Å². The zero-order valence-electron chi connectivity index (χ0n) is 12.3. The second-order valence-electron chi connectivity index (χ2n) is 5.45. The fourth-order valence-corrected chi connectivity index (χ4v) is 2.10. The molecular formula is C14H26N2O3. The smallest absolute Gasteiger partial charge is 0.245 e. The first-order chi connectivity index (χ1) is 9.04. The molecule has 1 saturated heterocycles. The third kappa shape index (κ3) is 5.59. The maximum absolute atomic E-state index is 12.3. The topological polar surface area (TPSA) is 58.6 Å². The number of ether oxygens (including phenoxy) is 1. The molecule has 19 heavy (non-hydrogen) atoms. The third-order valence-corrected chi connectivity index (χ3v) is 3.09. The van der Waals surface area contributed by atoms with Crippen molar-refractivity contribution in [3.05, 3.63) is 0 Å². The number of amides is 2. The number of nitrogens with zero attached hydrogens (tertiary/aromatic N) is 1. The number of hydrogen-bond donors (Lipinski definition) is 1. The van der Waals surface area contributed by atoms with Crippen LogP contribution in [0.15, 0.2) is 0 Å². The summed E-state index contributed by atoms with van der Waals surface area (Å²) in [4.78, 5) is 25.6. The van der Waals surface area contributed by atoms with Crippen molar-refractivity contribution in [3.8, 4) is 0 Å². The third-order valence-electron chi connectivity index (χ3n) is 3.09. The Hall–Kier alpha value is -1.10. The van der Waals surface area contributed by atoms with Gasteiger partial charge in [0.15, 0.2) is 0 Å². The van der Waals surface area contributed by atoms with Crippen molar-refractivity contribution in [1.82, 2.24) is 10.2 Å². The van der Waals surface area contributed by atoms with Crippen LogP contribution in [0.2, 0.25) is 0 Å². The molecule has 0 radical (unpaired) electrons. The van der Waals surface area contributed by atoms with E-state index in [4.69, 9.17) is 4.74 Å². The van der Waals surface area contributed by atoms with E-state index >= 15 is 0 Å². The largest absolute Gasteiger partial charge is 0.379 e. The van der Waals surface area contributed by atoms with Gasteiger partial charge in [-0.25, -0.2) is 0 Å². The maximum Gasteiger partial charge on any atom is 0.245 e. The summed E-state index contributed by atoms with van der Waals surface area (Å²) in [6, 6.07) is -0.356. The van der Waals surface area contributed by atoms with Crippen LogP contribution in [0.5, 0.6) is 0 Å². The molecule has 1 rings (SSSR count). The molecule has 0 aromatic carbocycles. The first-order valence-electron chi connectivity index (χ1n) is 7.20. The highest BCUT2D eigenvalue weighted by molar-refractivity contribution is 5.89. The van der Waals surface area contributed by atoms with E-state index in [0.29, 0.717) is 45.1 Å². The van der Waals surface area contributed by atoms with Crippen LogP contribution in [0.1, 0.15) is 40.0 Å². The summed E-state index contributed by atoms with van der Waals surface area (Å²) in [7, 11) is 0. The zero-order valence-corrected chi connectivity index (χ0v) is 12.3. The standard InChI is InChI=1S/C14H26N2O3/c1-4-5-12-14(18)16(7-6-13(17)15-12)8-9-19-10-11(2)3/h11-12H,4-10H2,1-3H3,(H,15,17). The summed E-state index contributed by atoms with van der Waals surface area (Å²) in [6.07, 6.45) is 1.97. The van der Waals surface area contributed by atoms with E-state index in [1.807, 2.05) is 6.92 Å². The molecule has 1 aliphatic rings. The lowest BCUT2D eigenvalue weighted by Crippen LogP contribution is -2.45. The average Bonchev–Trinajstić information content (AvgIpc) is 2.47. The van der Waals surface area contributed by atoms with Crippen LogP contribution >= 0.6 is 0 Å². The number of nitrogens with one attached hydrogen (secondary N) is 1. The first kappa shape index (κ1) is 16.0. The van der Waals surface area contributed by atoms with E-state index in [0.717, 1.165) is 6.42 Å². The highest BCUT2D eigenvalue weighted by Gasteiger charge is 2.28. The fourth-order valence-electron chi connectivity index (χ4n) is 2.10. The Morgan fingerprint density at radius 2 is 2.16 bits per heavy atom. The van der Waals surface area contributed by atoms with Gasteiger partial charge in [0.1, 0.15) is 6.04 Å². The molecule has 0 aliphatic carbocycles. The maximum atomic E-state index is 12.3. The highest BCUT2D eigenvalue weighted by Crippen LogP contribution is 2.08. The predicted molar refractivity (Wildman–Crippen MR) is 73.7 cm³/mol. The average molecular weight is 270 g/mol. The van der Waals surface area contributed by atoms with Gasteiger partial charge < -0.3 is 15.0 Å². The molecule has 2 amide bonds. The Morgan fingerprint density at radius 1 is 1.42 bits per heavy atom. The van der Waals surface area contributed by atoms with E-state index in [2.05, 4.69) is 19.2 Å². The molecule has 0 bridgehead atoms. The summed E-state index contributed by atoms with van der Waals surface area (Å²) >= 11 is 0. The number of carbonyl (C=O) groups excluding carboxylic acids is 2. The molecule has 110 valence electrons. The molecule has 1 atom stereocenters. The Labute approximate surface area is 115 Å². The van der Waals surface area contributed by atoms with Gasteiger partial charge in [0, 0.05) is 26.1 Å². The van der Waals surface area contributed by atoms with Crippen LogP contribution in [0, 0.1) is 5.92 Å². The van der Waals surface area contributed by atoms with Crippen molar-refractivity contribution in [3.63, 3.8) is 0 Å². The summed E-state index contributed by atoms with van der Waals surface area (Å²) in [5.74, 6) is 0.495. The quantitative estimate of drug-likeness (QED) is 0.707. The molecule has 1 heterocycles. The Bertz CT molecular complexity index is 305. The monoisotopic (exact) mass is 270 g/mol. The SMILES string of the molecule is CCCC1NC(=O)CCN(CCOCC(C)C)C1=O. The molecule has 0 aromatic heterocycles. The van der Waals surface area contributed by atoms with Gasteiger partial charge in [0.05, 0.1) is 6.61 Å². The van der Waals surface area contributed by atoms with Gasteiger partial charge in [-0.2, -0.15) is 0 Å². The van der Waals surface area contributed by atoms with Gasteiger partial charge >= 0.3 is 0 Å². The first-order valence-corrected chi connectivity index (χ1v) is 7.20. The number of carbonyl (C=O) groups is 2. The minimum atomic E-state index is -0.356. The lowest BCUT2D eigenvalue weighted by molar-refractivity contribution is -0.134. The zero-order chi connectivity index (χ0) is 14.3. The fraction of sp³-hybridized carbons (Fsp3) is 0.857. The van der Waals surface area contributed by atoms with Gasteiger partial charge in [-0.15, -0.1) is 0 Å². The molecule has 1 unspecified atom stereocenters. The molecule has 1 fully saturated rings. The Morgan fingerprint density at radius 3 is 2.79 bits per heavy atom. The van der Waals surface area contributed by atoms with E-state index in [-0.39, 0.29) is 17.9 Å². The predicted octanol–water partition coefficient (Wildman–Crippen LogP) is 1.18. The van der Waals surface area contributed by atoms with Crippen molar-refractivity contribution in [2.75, 3.05) is 26.3 Å². The van der Waals surface area contributed by atoms with Gasteiger partial charge in [0.25, 0.3) is 0 Å². The van der Waals surface area contributed by atoms with Crippen LogP contribution < -0.4 is 5.32 Å². The van der Waals surface area contributed by atoms with Crippen molar-refractivity contribution >= 4 is 11.8 Å². The van der Waals surface area contributed by atoms with E-state index in [1.54, 1.807) is 4.90 Å². The van der Waals surface area contributed by atoms with Crippen LogP contribution in [-0.4, -0.2) is 49.1 Å². The molecule has 5 nitrogen and oxygen atoms in total. The summed E-state index contributed by atoms with van der Waals surface area (Å²) in [5, 5.41) is 2.80. The molecule has 0 aromatic rings. The lowest BCUT2D eigenvalue weighted by Gasteiger charge is -2.23.